The predicted octanol–water partition coefficient (Wildman–Crippen LogP) is 2.56. The van der Waals surface area contributed by atoms with Crippen LogP contribution < -0.4 is 5.32 Å². The summed E-state index contributed by atoms with van der Waals surface area (Å²) in [6, 6.07) is 4.44. The smallest absolute Gasteiger partial charge is 0.329 e. The summed E-state index contributed by atoms with van der Waals surface area (Å²) < 4.78 is 23.6. The second-order valence-corrected chi connectivity index (χ2v) is 8.72. The van der Waals surface area contributed by atoms with E-state index < -0.39 is 27.3 Å². The van der Waals surface area contributed by atoms with Crippen molar-refractivity contribution in [2.24, 2.45) is 0 Å². The molecule has 0 aliphatic heterocycles. The molecule has 25 heavy (non-hydrogen) atoms. The Morgan fingerprint density at radius 2 is 1.76 bits per heavy atom. The summed E-state index contributed by atoms with van der Waals surface area (Å²) in [4.78, 5) is 24.7. The molecular formula is C18H25NO5S. The van der Waals surface area contributed by atoms with Crippen LogP contribution in [0.2, 0.25) is 0 Å². The summed E-state index contributed by atoms with van der Waals surface area (Å²) in [5.74, 6) is -1.55. The van der Waals surface area contributed by atoms with Gasteiger partial charge < -0.3 is 10.4 Å². The normalized spacial score (nSPS) is 17.5. The highest BCUT2D eigenvalue weighted by molar-refractivity contribution is 7.90. The van der Waals surface area contributed by atoms with Crippen molar-refractivity contribution in [3.8, 4) is 0 Å². The third-order valence-electron chi connectivity index (χ3n) is 4.85. The van der Waals surface area contributed by atoms with Crippen LogP contribution in [0, 0.1) is 0 Å². The lowest BCUT2D eigenvalue weighted by Gasteiger charge is -2.29. The Morgan fingerprint density at radius 1 is 1.16 bits per heavy atom. The van der Waals surface area contributed by atoms with Crippen LogP contribution in [-0.2, 0) is 21.1 Å². The van der Waals surface area contributed by atoms with E-state index in [2.05, 4.69) is 5.32 Å². The molecular weight excluding hydrogens is 342 g/mol. The molecule has 0 unspecified atom stereocenters. The second kappa shape index (κ2) is 7.56. The van der Waals surface area contributed by atoms with E-state index in [0.29, 0.717) is 24.8 Å². The minimum Gasteiger partial charge on any atom is -0.480 e. The van der Waals surface area contributed by atoms with Crippen molar-refractivity contribution in [2.45, 2.75) is 62.3 Å². The van der Waals surface area contributed by atoms with Crippen LogP contribution in [0.1, 0.15) is 61.4 Å². The number of hydrogen-bond acceptors (Lipinski definition) is 4. The van der Waals surface area contributed by atoms with Crippen molar-refractivity contribution in [1.82, 2.24) is 5.32 Å². The van der Waals surface area contributed by atoms with Gasteiger partial charge >= 0.3 is 5.97 Å². The van der Waals surface area contributed by atoms with Gasteiger partial charge in [-0.1, -0.05) is 38.7 Å². The van der Waals surface area contributed by atoms with Crippen molar-refractivity contribution in [3.05, 3.63) is 29.3 Å². The number of rotatable bonds is 5. The van der Waals surface area contributed by atoms with E-state index >= 15 is 0 Å². The number of amides is 1. The van der Waals surface area contributed by atoms with Crippen LogP contribution in [0.5, 0.6) is 0 Å². The van der Waals surface area contributed by atoms with Gasteiger partial charge in [0.15, 0.2) is 9.84 Å². The molecule has 0 atom stereocenters. The van der Waals surface area contributed by atoms with E-state index in [0.717, 1.165) is 31.9 Å². The van der Waals surface area contributed by atoms with Crippen LogP contribution >= 0.6 is 0 Å². The molecule has 1 amide bonds. The quantitative estimate of drug-likeness (QED) is 0.779. The average Bonchev–Trinajstić information content (AvgIpc) is 2.80. The van der Waals surface area contributed by atoms with Crippen molar-refractivity contribution < 1.29 is 23.1 Å². The molecule has 2 rings (SSSR count). The molecule has 1 aliphatic rings. The summed E-state index contributed by atoms with van der Waals surface area (Å²) in [6.45, 7) is 1.87. The van der Waals surface area contributed by atoms with Crippen molar-refractivity contribution in [1.29, 1.82) is 0 Å². The number of nitrogens with one attached hydrogen (secondary N) is 1. The van der Waals surface area contributed by atoms with Gasteiger partial charge in [0.2, 0.25) is 0 Å². The Bertz CT molecular complexity index is 762. The highest BCUT2D eigenvalue weighted by Gasteiger charge is 2.40. The highest BCUT2D eigenvalue weighted by Crippen LogP contribution is 2.28. The zero-order chi connectivity index (χ0) is 18.7. The Labute approximate surface area is 148 Å². The Balaban J connectivity index is 2.40. The minimum atomic E-state index is -3.45. The average molecular weight is 367 g/mol. The van der Waals surface area contributed by atoms with Crippen LogP contribution in [0.4, 0.5) is 0 Å². The van der Waals surface area contributed by atoms with Crippen molar-refractivity contribution in [2.75, 3.05) is 6.26 Å². The fourth-order valence-corrected chi connectivity index (χ4v) is 3.96. The Kier molecular flexibility index (Phi) is 5.87. The molecule has 0 saturated heterocycles. The van der Waals surface area contributed by atoms with E-state index in [1.165, 1.54) is 12.1 Å². The molecule has 0 radical (unpaired) electrons. The number of aryl methyl sites for hydroxylation is 1. The number of benzene rings is 1. The highest BCUT2D eigenvalue weighted by atomic mass is 32.2. The van der Waals surface area contributed by atoms with Crippen LogP contribution in [0.15, 0.2) is 23.1 Å². The number of carbonyl (C=O) groups is 2. The van der Waals surface area contributed by atoms with Crippen LogP contribution in [0.25, 0.3) is 0 Å². The molecule has 1 aromatic carbocycles. The molecule has 1 saturated carbocycles. The zero-order valence-corrected chi connectivity index (χ0v) is 15.5. The monoisotopic (exact) mass is 367 g/mol. The molecule has 0 heterocycles. The molecule has 138 valence electrons. The third-order valence-corrected chi connectivity index (χ3v) is 5.96. The van der Waals surface area contributed by atoms with E-state index in [9.17, 15) is 23.1 Å². The fraction of sp³-hybridized carbons (Fsp3) is 0.556. The van der Waals surface area contributed by atoms with Gasteiger partial charge in [-0.25, -0.2) is 13.2 Å². The van der Waals surface area contributed by atoms with Gasteiger partial charge in [-0.2, -0.15) is 0 Å². The zero-order valence-electron chi connectivity index (χ0n) is 14.7. The van der Waals surface area contributed by atoms with Gasteiger partial charge in [-0.3, -0.25) is 4.79 Å². The Hall–Kier alpha value is -1.89. The lowest BCUT2D eigenvalue weighted by atomic mass is 9.89. The summed E-state index contributed by atoms with van der Waals surface area (Å²) in [7, 11) is -3.45. The molecule has 7 heteroatoms. The molecule has 1 aromatic rings. The molecule has 0 bridgehead atoms. The summed E-state index contributed by atoms with van der Waals surface area (Å²) in [5, 5.41) is 12.4. The van der Waals surface area contributed by atoms with Gasteiger partial charge in [-0.05, 0) is 37.0 Å². The van der Waals surface area contributed by atoms with E-state index in [-0.39, 0.29) is 10.5 Å². The first-order valence-electron chi connectivity index (χ1n) is 8.58. The van der Waals surface area contributed by atoms with Gasteiger partial charge in [0.25, 0.3) is 5.91 Å². The van der Waals surface area contributed by atoms with E-state index in [1.807, 2.05) is 6.92 Å². The standard InChI is InChI=1S/C18H25NO5S/c1-3-13-8-9-14(25(2,23)24)12-15(13)16(20)19-18(17(21)22)10-6-4-5-7-11-18/h8-9,12H,3-7,10-11H2,1-2H3,(H,19,20)(H,21,22). The largest absolute Gasteiger partial charge is 0.480 e. The number of carbonyl (C=O) groups excluding carboxylic acids is 1. The number of carboxylic acids is 1. The van der Waals surface area contributed by atoms with E-state index in [4.69, 9.17) is 0 Å². The molecule has 2 N–H and O–H groups in total. The molecule has 0 spiro atoms. The molecule has 1 aliphatic carbocycles. The van der Waals surface area contributed by atoms with Crippen LogP contribution in [0.3, 0.4) is 0 Å². The number of hydrogen-bond donors (Lipinski definition) is 2. The first kappa shape index (κ1) is 19.4. The second-order valence-electron chi connectivity index (χ2n) is 6.70. The van der Waals surface area contributed by atoms with E-state index in [1.54, 1.807) is 6.07 Å². The summed E-state index contributed by atoms with van der Waals surface area (Å²) in [5.41, 5.74) is -0.353. The van der Waals surface area contributed by atoms with Gasteiger partial charge in [0.05, 0.1) is 4.90 Å². The maximum absolute atomic E-state index is 12.8. The predicted molar refractivity (Wildman–Crippen MR) is 94.5 cm³/mol. The first-order valence-corrected chi connectivity index (χ1v) is 10.5. The van der Waals surface area contributed by atoms with Crippen LogP contribution in [-0.4, -0.2) is 37.2 Å². The Morgan fingerprint density at radius 3 is 2.24 bits per heavy atom. The molecule has 6 nitrogen and oxygen atoms in total. The first-order chi connectivity index (χ1) is 11.7. The fourth-order valence-electron chi connectivity index (χ4n) is 3.31. The maximum atomic E-state index is 12.8. The van der Waals surface area contributed by atoms with Crippen molar-refractivity contribution in [3.63, 3.8) is 0 Å². The summed E-state index contributed by atoms with van der Waals surface area (Å²) >= 11 is 0. The number of carboxylic acid groups (broad SMARTS) is 1. The third kappa shape index (κ3) is 4.39. The topological polar surface area (TPSA) is 101 Å². The molecule has 0 aromatic heterocycles. The van der Waals surface area contributed by atoms with Gasteiger partial charge in [0.1, 0.15) is 5.54 Å². The number of aliphatic carboxylic acids is 1. The summed E-state index contributed by atoms with van der Waals surface area (Å²) in [6.07, 6.45) is 5.81. The minimum absolute atomic E-state index is 0.0556. The van der Waals surface area contributed by atoms with Gasteiger partial charge in [-0.15, -0.1) is 0 Å². The van der Waals surface area contributed by atoms with Gasteiger partial charge in [0, 0.05) is 11.8 Å². The lowest BCUT2D eigenvalue weighted by Crippen LogP contribution is -2.54. The molecule has 1 fully saturated rings. The maximum Gasteiger partial charge on any atom is 0.329 e. The van der Waals surface area contributed by atoms with Crippen molar-refractivity contribution >= 4 is 21.7 Å². The number of sulfone groups is 1. The SMILES string of the molecule is CCc1ccc(S(C)(=O)=O)cc1C(=O)NC1(C(=O)O)CCCCCC1. The lowest BCUT2D eigenvalue weighted by molar-refractivity contribution is -0.145.